The van der Waals surface area contributed by atoms with Crippen LogP contribution in [0.25, 0.3) is 10.9 Å². The van der Waals surface area contributed by atoms with Gasteiger partial charge in [-0.05, 0) is 32.0 Å². The minimum atomic E-state index is -0.400. The number of fused-ring (bicyclic) bond motifs is 1. The number of nitriles is 1. The van der Waals surface area contributed by atoms with Gasteiger partial charge in [-0.25, -0.2) is 0 Å². The highest BCUT2D eigenvalue weighted by Crippen LogP contribution is 2.32. The quantitative estimate of drug-likeness (QED) is 0.621. The summed E-state index contributed by atoms with van der Waals surface area (Å²) in [4.78, 5) is 17.1. The Balaban J connectivity index is 2.61. The van der Waals surface area contributed by atoms with Crippen molar-refractivity contribution in [1.82, 2.24) is 4.98 Å². The van der Waals surface area contributed by atoms with Gasteiger partial charge in [-0.2, -0.15) is 5.26 Å². The van der Waals surface area contributed by atoms with Crippen molar-refractivity contribution in [2.75, 3.05) is 11.4 Å². The van der Waals surface area contributed by atoms with Crippen LogP contribution < -0.4 is 4.90 Å². The molecule has 0 radical (unpaired) electrons. The number of nitrogens with zero attached hydrogens (tertiary/aromatic N) is 4. The molecule has 0 aliphatic rings. The van der Waals surface area contributed by atoms with Crippen LogP contribution >= 0.6 is 0 Å². The Kier molecular flexibility index (Phi) is 4.33. The number of rotatable bonds is 5. The fourth-order valence-corrected chi connectivity index (χ4v) is 2.36. The lowest BCUT2D eigenvalue weighted by Crippen LogP contribution is -2.31. The summed E-state index contributed by atoms with van der Waals surface area (Å²) in [6, 6.07) is 8.91. The number of anilines is 1. The number of pyridine rings is 1. The second kappa shape index (κ2) is 6.18. The molecule has 0 fully saturated rings. The Bertz CT molecular complexity index is 706. The molecular weight excluding hydrogens is 268 g/mol. The summed E-state index contributed by atoms with van der Waals surface area (Å²) in [6.07, 6.45) is 2.02. The summed E-state index contributed by atoms with van der Waals surface area (Å²) in [5, 5.41) is 20.4. The van der Waals surface area contributed by atoms with E-state index in [9.17, 15) is 10.1 Å². The fourth-order valence-electron chi connectivity index (χ4n) is 2.36. The molecule has 6 heteroatoms. The predicted molar refractivity (Wildman–Crippen MR) is 81.1 cm³/mol. The Morgan fingerprint density at radius 2 is 2.19 bits per heavy atom. The van der Waals surface area contributed by atoms with Gasteiger partial charge in [0.2, 0.25) is 0 Å². The first kappa shape index (κ1) is 14.7. The highest BCUT2D eigenvalue weighted by atomic mass is 16.6. The molecule has 1 heterocycles. The van der Waals surface area contributed by atoms with Crippen LogP contribution in [0.1, 0.15) is 20.3 Å². The summed E-state index contributed by atoms with van der Waals surface area (Å²) >= 11 is 0. The number of hydrogen-bond acceptors (Lipinski definition) is 5. The number of aromatic nitrogens is 1. The van der Waals surface area contributed by atoms with Crippen molar-refractivity contribution >= 4 is 22.3 Å². The lowest BCUT2D eigenvalue weighted by molar-refractivity contribution is -0.383. The summed E-state index contributed by atoms with van der Waals surface area (Å²) in [7, 11) is 0. The van der Waals surface area contributed by atoms with Gasteiger partial charge in [0.05, 0.1) is 28.5 Å². The number of hydrogen-bond donors (Lipinski definition) is 0. The van der Waals surface area contributed by atoms with Gasteiger partial charge in [0, 0.05) is 24.8 Å². The molecule has 0 saturated heterocycles. The Morgan fingerprint density at radius 3 is 2.81 bits per heavy atom. The maximum Gasteiger partial charge on any atom is 0.278 e. The molecule has 0 aliphatic heterocycles. The minimum absolute atomic E-state index is 0.0471. The van der Waals surface area contributed by atoms with E-state index in [1.54, 1.807) is 24.4 Å². The smallest absolute Gasteiger partial charge is 0.278 e. The van der Waals surface area contributed by atoms with E-state index < -0.39 is 4.92 Å². The standard InChI is InChI=1S/C15H16N4O2/c1-11(2)18(10-4-8-16)14-7-6-13(19(20)21)12-5-3-9-17-15(12)14/h3,5-7,9,11H,4,10H2,1-2H3. The van der Waals surface area contributed by atoms with E-state index in [-0.39, 0.29) is 11.7 Å². The predicted octanol–water partition coefficient (Wildman–Crippen LogP) is 3.27. The van der Waals surface area contributed by atoms with Crippen LogP contribution in [-0.4, -0.2) is 22.5 Å². The van der Waals surface area contributed by atoms with Gasteiger partial charge in [-0.1, -0.05) is 0 Å². The molecule has 0 saturated carbocycles. The lowest BCUT2D eigenvalue weighted by Gasteiger charge is -2.28. The Hall–Kier alpha value is -2.68. The molecular formula is C15H16N4O2. The number of benzene rings is 1. The molecule has 0 N–H and O–H groups in total. The van der Waals surface area contributed by atoms with Crippen LogP contribution in [-0.2, 0) is 0 Å². The van der Waals surface area contributed by atoms with Crippen molar-refractivity contribution in [2.45, 2.75) is 26.3 Å². The first-order valence-corrected chi connectivity index (χ1v) is 6.72. The largest absolute Gasteiger partial charge is 0.366 e. The molecule has 0 atom stereocenters. The van der Waals surface area contributed by atoms with Crippen molar-refractivity contribution < 1.29 is 4.92 Å². The number of nitro benzene ring substituents is 1. The van der Waals surface area contributed by atoms with Gasteiger partial charge in [0.1, 0.15) is 5.52 Å². The summed E-state index contributed by atoms with van der Waals surface area (Å²) < 4.78 is 0. The molecule has 0 aliphatic carbocycles. The van der Waals surface area contributed by atoms with E-state index in [1.807, 2.05) is 18.7 Å². The molecule has 2 aromatic rings. The highest BCUT2D eigenvalue weighted by Gasteiger charge is 2.19. The highest BCUT2D eigenvalue weighted by molar-refractivity contribution is 5.97. The third-order valence-corrected chi connectivity index (χ3v) is 3.32. The SMILES string of the molecule is CC(C)N(CCC#N)c1ccc([N+](=O)[O-])c2cccnc12. The molecule has 0 bridgehead atoms. The van der Waals surface area contributed by atoms with Crippen LogP contribution in [0.5, 0.6) is 0 Å². The van der Waals surface area contributed by atoms with Crippen LogP contribution in [0.4, 0.5) is 11.4 Å². The van der Waals surface area contributed by atoms with Gasteiger partial charge in [-0.15, -0.1) is 0 Å². The van der Waals surface area contributed by atoms with Gasteiger partial charge >= 0.3 is 0 Å². The number of nitro groups is 1. The van der Waals surface area contributed by atoms with Crippen molar-refractivity contribution in [2.24, 2.45) is 0 Å². The monoisotopic (exact) mass is 284 g/mol. The first-order chi connectivity index (χ1) is 10.1. The second-order valence-electron chi connectivity index (χ2n) is 4.96. The molecule has 0 unspecified atom stereocenters. The molecule has 0 amide bonds. The molecule has 6 nitrogen and oxygen atoms in total. The maximum atomic E-state index is 11.1. The van der Waals surface area contributed by atoms with Crippen molar-refractivity contribution in [3.63, 3.8) is 0 Å². The van der Waals surface area contributed by atoms with Crippen LogP contribution in [0, 0.1) is 21.4 Å². The van der Waals surface area contributed by atoms with E-state index >= 15 is 0 Å². The third-order valence-electron chi connectivity index (χ3n) is 3.32. The second-order valence-corrected chi connectivity index (χ2v) is 4.96. The van der Waals surface area contributed by atoms with Crippen LogP contribution in [0.15, 0.2) is 30.5 Å². The van der Waals surface area contributed by atoms with E-state index in [0.717, 1.165) is 5.69 Å². The van der Waals surface area contributed by atoms with Gasteiger partial charge in [0.15, 0.2) is 0 Å². The molecule has 0 spiro atoms. The summed E-state index contributed by atoms with van der Waals surface area (Å²) in [5.74, 6) is 0. The van der Waals surface area contributed by atoms with Gasteiger partial charge < -0.3 is 4.90 Å². The van der Waals surface area contributed by atoms with E-state index in [2.05, 4.69) is 11.1 Å². The zero-order valence-corrected chi connectivity index (χ0v) is 12.0. The van der Waals surface area contributed by atoms with E-state index in [0.29, 0.717) is 23.9 Å². The lowest BCUT2D eigenvalue weighted by atomic mass is 10.1. The average molecular weight is 284 g/mol. The van der Waals surface area contributed by atoms with Crippen molar-refractivity contribution in [1.29, 1.82) is 5.26 Å². The molecule has 2 rings (SSSR count). The Labute approximate surface area is 122 Å². The summed E-state index contributed by atoms with van der Waals surface area (Å²) in [6.45, 7) is 4.61. The average Bonchev–Trinajstić information content (AvgIpc) is 2.47. The third kappa shape index (κ3) is 2.92. The zero-order chi connectivity index (χ0) is 15.4. The first-order valence-electron chi connectivity index (χ1n) is 6.72. The van der Waals surface area contributed by atoms with E-state index in [4.69, 9.17) is 5.26 Å². The summed E-state index contributed by atoms with van der Waals surface area (Å²) in [5.41, 5.74) is 1.46. The normalized spacial score (nSPS) is 10.6. The number of non-ortho nitro benzene ring substituents is 1. The van der Waals surface area contributed by atoms with Crippen molar-refractivity contribution in [3.8, 4) is 6.07 Å². The van der Waals surface area contributed by atoms with E-state index in [1.165, 1.54) is 6.07 Å². The molecule has 1 aromatic carbocycles. The van der Waals surface area contributed by atoms with Gasteiger partial charge in [-0.3, -0.25) is 15.1 Å². The zero-order valence-electron chi connectivity index (χ0n) is 12.0. The van der Waals surface area contributed by atoms with Crippen LogP contribution in [0.3, 0.4) is 0 Å². The Morgan fingerprint density at radius 1 is 1.43 bits per heavy atom. The molecule has 21 heavy (non-hydrogen) atoms. The maximum absolute atomic E-state index is 11.1. The van der Waals surface area contributed by atoms with Crippen molar-refractivity contribution in [3.05, 3.63) is 40.6 Å². The van der Waals surface area contributed by atoms with Crippen LogP contribution in [0.2, 0.25) is 0 Å². The fraction of sp³-hybridized carbons (Fsp3) is 0.333. The molecule has 108 valence electrons. The minimum Gasteiger partial charge on any atom is -0.366 e. The topological polar surface area (TPSA) is 83.1 Å². The van der Waals surface area contributed by atoms with Gasteiger partial charge in [0.25, 0.3) is 5.69 Å². The molecule has 1 aromatic heterocycles.